The zero-order chi connectivity index (χ0) is 20.1. The number of ketones is 1. The molecule has 1 heterocycles. The number of carbonyl (C=O) groups excluding carboxylic acids is 2. The lowest BCUT2D eigenvalue weighted by atomic mass is 9.95. The third-order valence-electron chi connectivity index (χ3n) is 4.77. The van der Waals surface area contributed by atoms with Gasteiger partial charge in [0.2, 0.25) is 0 Å². The van der Waals surface area contributed by atoms with E-state index in [1.54, 1.807) is 38.5 Å². The minimum absolute atomic E-state index is 0.0961. The molecule has 6 heteroatoms. The zero-order valence-corrected chi connectivity index (χ0v) is 15.9. The van der Waals surface area contributed by atoms with Gasteiger partial charge in [0.15, 0.2) is 0 Å². The molecule has 0 aromatic heterocycles. The zero-order valence-electron chi connectivity index (χ0n) is 15.9. The normalized spacial score (nSPS) is 18.5. The number of methoxy groups -OCH3 is 2. The molecule has 0 radical (unpaired) electrons. The second-order valence-corrected chi connectivity index (χ2v) is 6.48. The summed E-state index contributed by atoms with van der Waals surface area (Å²) < 4.78 is 10.2. The van der Waals surface area contributed by atoms with Gasteiger partial charge in [-0.15, -0.1) is 0 Å². The molecular formula is C22H23NO5. The summed E-state index contributed by atoms with van der Waals surface area (Å²) in [6, 6.07) is 15.3. The lowest BCUT2D eigenvalue weighted by Gasteiger charge is -2.25. The summed E-state index contributed by atoms with van der Waals surface area (Å²) in [5, 5.41) is 10.9. The molecule has 28 heavy (non-hydrogen) atoms. The summed E-state index contributed by atoms with van der Waals surface area (Å²) >= 11 is 0. The molecule has 0 bridgehead atoms. The summed E-state index contributed by atoms with van der Waals surface area (Å²) in [5.41, 5.74) is 1.32. The number of benzene rings is 2. The maximum absolute atomic E-state index is 12.8. The van der Waals surface area contributed by atoms with E-state index in [9.17, 15) is 14.7 Å². The SMILES string of the molecule is COCCCN1C(=O)C(=O)/C(=C(/O)c2ccc(OC)cc2)[C@H]1c1ccccc1. The molecule has 1 aliphatic rings. The topological polar surface area (TPSA) is 76.1 Å². The largest absolute Gasteiger partial charge is 0.507 e. The lowest BCUT2D eigenvalue weighted by molar-refractivity contribution is -0.140. The van der Waals surface area contributed by atoms with Crippen molar-refractivity contribution in [3.63, 3.8) is 0 Å². The molecule has 2 aromatic rings. The summed E-state index contributed by atoms with van der Waals surface area (Å²) in [4.78, 5) is 27.0. The molecule has 1 N–H and O–H groups in total. The molecule has 1 atom stereocenters. The van der Waals surface area contributed by atoms with Crippen molar-refractivity contribution in [3.8, 4) is 5.75 Å². The number of carbonyl (C=O) groups is 2. The van der Waals surface area contributed by atoms with Gasteiger partial charge < -0.3 is 19.5 Å². The highest BCUT2D eigenvalue weighted by molar-refractivity contribution is 6.46. The van der Waals surface area contributed by atoms with Crippen molar-refractivity contribution < 1.29 is 24.2 Å². The summed E-state index contributed by atoms with van der Waals surface area (Å²) in [6.07, 6.45) is 0.593. The number of aliphatic hydroxyl groups excluding tert-OH is 1. The Morgan fingerprint density at radius 3 is 2.32 bits per heavy atom. The molecule has 0 saturated carbocycles. The first-order chi connectivity index (χ1) is 13.6. The van der Waals surface area contributed by atoms with E-state index in [4.69, 9.17) is 9.47 Å². The van der Waals surface area contributed by atoms with E-state index < -0.39 is 17.7 Å². The van der Waals surface area contributed by atoms with Crippen LogP contribution in [0.15, 0.2) is 60.2 Å². The molecule has 0 unspecified atom stereocenters. The Bertz CT molecular complexity index is 874. The highest BCUT2D eigenvalue weighted by Crippen LogP contribution is 2.39. The van der Waals surface area contributed by atoms with Gasteiger partial charge in [-0.05, 0) is 36.2 Å². The first kappa shape index (κ1) is 19.6. The fourth-order valence-electron chi connectivity index (χ4n) is 3.38. The van der Waals surface area contributed by atoms with E-state index in [0.29, 0.717) is 30.9 Å². The van der Waals surface area contributed by atoms with Crippen molar-refractivity contribution in [2.75, 3.05) is 27.4 Å². The number of likely N-dealkylation sites (tertiary alicyclic amines) is 1. The Kier molecular flexibility index (Phi) is 6.11. The molecule has 0 spiro atoms. The lowest BCUT2D eigenvalue weighted by Crippen LogP contribution is -2.31. The molecule has 1 amide bonds. The first-order valence-corrected chi connectivity index (χ1v) is 9.05. The van der Waals surface area contributed by atoms with Gasteiger partial charge in [-0.3, -0.25) is 9.59 Å². The third-order valence-corrected chi connectivity index (χ3v) is 4.77. The predicted octanol–water partition coefficient (Wildman–Crippen LogP) is 3.15. The molecule has 6 nitrogen and oxygen atoms in total. The average Bonchev–Trinajstić information content (AvgIpc) is 2.99. The van der Waals surface area contributed by atoms with Crippen LogP contribution < -0.4 is 4.74 Å². The van der Waals surface area contributed by atoms with Crippen molar-refractivity contribution in [1.29, 1.82) is 0 Å². The molecule has 0 aliphatic carbocycles. The number of amides is 1. The number of ether oxygens (including phenoxy) is 2. The van der Waals surface area contributed by atoms with E-state index >= 15 is 0 Å². The van der Waals surface area contributed by atoms with Crippen LogP contribution >= 0.6 is 0 Å². The molecule has 3 rings (SSSR count). The van der Waals surface area contributed by atoms with Gasteiger partial charge in [-0.2, -0.15) is 0 Å². The second-order valence-electron chi connectivity index (χ2n) is 6.48. The van der Waals surface area contributed by atoms with Gasteiger partial charge in [0, 0.05) is 25.8 Å². The Hall–Kier alpha value is -3.12. The van der Waals surface area contributed by atoms with Crippen LogP contribution in [0.2, 0.25) is 0 Å². The number of nitrogens with zero attached hydrogens (tertiary/aromatic N) is 1. The van der Waals surface area contributed by atoms with Crippen LogP contribution in [0, 0.1) is 0 Å². The van der Waals surface area contributed by atoms with Gasteiger partial charge in [0.25, 0.3) is 11.7 Å². The van der Waals surface area contributed by atoms with Gasteiger partial charge in [0.05, 0.1) is 18.7 Å². The van der Waals surface area contributed by atoms with Crippen molar-refractivity contribution in [2.45, 2.75) is 12.5 Å². The maximum atomic E-state index is 12.8. The quantitative estimate of drug-likeness (QED) is 0.345. The maximum Gasteiger partial charge on any atom is 0.295 e. The number of rotatable bonds is 7. The average molecular weight is 381 g/mol. The van der Waals surface area contributed by atoms with Crippen LogP contribution in [-0.4, -0.2) is 49.1 Å². The number of aliphatic hydroxyl groups is 1. The smallest absolute Gasteiger partial charge is 0.295 e. The van der Waals surface area contributed by atoms with E-state index in [0.717, 1.165) is 5.56 Å². The highest BCUT2D eigenvalue weighted by atomic mass is 16.5. The van der Waals surface area contributed by atoms with Crippen LogP contribution in [0.1, 0.15) is 23.6 Å². The molecule has 2 aromatic carbocycles. The monoisotopic (exact) mass is 381 g/mol. The Labute approximate surface area is 164 Å². The van der Waals surface area contributed by atoms with E-state index in [1.165, 1.54) is 4.90 Å². The fraction of sp³-hybridized carbons (Fsp3) is 0.273. The number of hydrogen-bond acceptors (Lipinski definition) is 5. The van der Waals surface area contributed by atoms with Crippen molar-refractivity contribution in [3.05, 3.63) is 71.3 Å². The van der Waals surface area contributed by atoms with Crippen molar-refractivity contribution >= 4 is 17.4 Å². The van der Waals surface area contributed by atoms with Gasteiger partial charge in [0.1, 0.15) is 11.5 Å². The molecule has 1 aliphatic heterocycles. The summed E-state index contributed by atoms with van der Waals surface area (Å²) in [7, 11) is 3.14. The van der Waals surface area contributed by atoms with E-state index in [2.05, 4.69) is 0 Å². The molecule has 1 saturated heterocycles. The third kappa shape index (κ3) is 3.77. The Morgan fingerprint density at radius 1 is 1.04 bits per heavy atom. The predicted molar refractivity (Wildman–Crippen MR) is 105 cm³/mol. The first-order valence-electron chi connectivity index (χ1n) is 9.05. The van der Waals surface area contributed by atoms with Crippen LogP contribution in [-0.2, 0) is 14.3 Å². The van der Waals surface area contributed by atoms with E-state index in [1.807, 2.05) is 30.3 Å². The van der Waals surface area contributed by atoms with E-state index in [-0.39, 0.29) is 11.3 Å². The van der Waals surface area contributed by atoms with Gasteiger partial charge >= 0.3 is 0 Å². The minimum Gasteiger partial charge on any atom is -0.507 e. The summed E-state index contributed by atoms with van der Waals surface area (Å²) in [5.74, 6) is -0.847. The van der Waals surface area contributed by atoms with Crippen molar-refractivity contribution in [1.82, 2.24) is 4.90 Å². The van der Waals surface area contributed by atoms with Gasteiger partial charge in [-0.25, -0.2) is 0 Å². The van der Waals surface area contributed by atoms with Crippen LogP contribution in [0.4, 0.5) is 0 Å². The Morgan fingerprint density at radius 2 is 1.71 bits per heavy atom. The van der Waals surface area contributed by atoms with Crippen LogP contribution in [0.25, 0.3) is 5.76 Å². The van der Waals surface area contributed by atoms with Crippen LogP contribution in [0.3, 0.4) is 0 Å². The molecule has 1 fully saturated rings. The standard InChI is InChI=1S/C22H23NO5/c1-27-14-6-13-23-19(15-7-4-3-5-8-15)18(21(25)22(23)26)20(24)16-9-11-17(28-2)12-10-16/h3-5,7-12,19,24H,6,13-14H2,1-2H3/b20-18+/t19-/m1/s1. The molecular weight excluding hydrogens is 358 g/mol. The second kappa shape index (κ2) is 8.71. The fourth-order valence-corrected chi connectivity index (χ4v) is 3.38. The minimum atomic E-state index is -0.681. The highest BCUT2D eigenvalue weighted by Gasteiger charge is 2.45. The Balaban J connectivity index is 2.07. The van der Waals surface area contributed by atoms with Gasteiger partial charge in [-0.1, -0.05) is 30.3 Å². The number of hydrogen-bond donors (Lipinski definition) is 1. The number of Topliss-reactive ketones (excluding diaryl/α,β-unsaturated/α-hetero) is 1. The van der Waals surface area contributed by atoms with Crippen molar-refractivity contribution in [2.24, 2.45) is 0 Å². The summed E-state index contributed by atoms with van der Waals surface area (Å²) in [6.45, 7) is 0.834. The van der Waals surface area contributed by atoms with Crippen LogP contribution in [0.5, 0.6) is 5.75 Å². The molecule has 146 valence electrons.